The van der Waals surface area contributed by atoms with E-state index in [2.05, 4.69) is 42.6 Å². The van der Waals surface area contributed by atoms with Crippen molar-refractivity contribution in [2.45, 2.75) is 32.7 Å². The highest BCUT2D eigenvalue weighted by molar-refractivity contribution is 7.13. The third-order valence-corrected chi connectivity index (χ3v) is 6.04. The van der Waals surface area contributed by atoms with Gasteiger partial charge in [-0.05, 0) is 31.9 Å². The quantitative estimate of drug-likeness (QED) is 0.486. The summed E-state index contributed by atoms with van der Waals surface area (Å²) in [5.41, 5.74) is 2.29. The number of nitrogens with zero attached hydrogens (tertiary/aromatic N) is 6. The lowest BCUT2D eigenvalue weighted by Gasteiger charge is -2.10. The van der Waals surface area contributed by atoms with Crippen LogP contribution in [0.25, 0.3) is 0 Å². The van der Waals surface area contributed by atoms with E-state index in [1.54, 1.807) is 6.07 Å². The lowest BCUT2D eigenvalue weighted by atomic mass is 10.2. The molecule has 1 aliphatic carbocycles. The molecule has 3 heterocycles. The van der Waals surface area contributed by atoms with Crippen LogP contribution >= 0.6 is 11.3 Å². The Morgan fingerprint density at radius 1 is 1.28 bits per heavy atom. The molecule has 0 aromatic carbocycles. The number of carbonyl (C=O) groups is 1. The largest absolute Gasteiger partial charge is 0.477 e. The number of anilines is 1. The van der Waals surface area contributed by atoms with Crippen LogP contribution in [0.5, 0.6) is 5.88 Å². The predicted molar refractivity (Wildman–Crippen MR) is 118 cm³/mol. The molecule has 0 bridgehead atoms. The Labute approximate surface area is 190 Å². The van der Waals surface area contributed by atoms with Crippen molar-refractivity contribution in [3.63, 3.8) is 0 Å². The molecule has 1 aliphatic rings. The van der Waals surface area contributed by atoms with Crippen LogP contribution in [-0.2, 0) is 11.4 Å². The number of hydroxylamine groups is 2. The monoisotopic (exact) mass is 455 g/mol. The van der Waals surface area contributed by atoms with Gasteiger partial charge in [-0.3, -0.25) is 14.6 Å². The molecule has 11 heteroatoms. The summed E-state index contributed by atoms with van der Waals surface area (Å²) >= 11 is 1.20. The number of carbonyl (C=O) groups excluding carboxylic acids is 1. The maximum absolute atomic E-state index is 12.1. The predicted octanol–water partition coefficient (Wildman–Crippen LogP) is 2.77. The zero-order valence-electron chi connectivity index (χ0n) is 18.4. The number of aryl methyl sites for hydroxylation is 2. The molecule has 168 valence electrons. The van der Waals surface area contributed by atoms with E-state index in [0.717, 1.165) is 22.7 Å². The maximum atomic E-state index is 12.1. The van der Waals surface area contributed by atoms with E-state index in [9.17, 15) is 4.79 Å². The minimum atomic E-state index is -0.343. The number of amides is 1. The number of pyridine rings is 1. The standard InChI is InChI=1S/C21H25N7O3S/c1-12-5-6-16(22-9-12)15-7-14(15)11-31-18-8-17(24-13(2)25-18)23-10-19-26-27-20(32-19)21(29)28(3)30-4/h5-6,8-9,14-15H,7,10-11H2,1-4H3,(H,23,24,25)/t14-,15?/m1/s1. The van der Waals surface area contributed by atoms with E-state index < -0.39 is 0 Å². The topological polar surface area (TPSA) is 115 Å². The Bertz CT molecular complexity index is 1090. The molecular formula is C21H25N7O3S. The zero-order chi connectivity index (χ0) is 22.7. The number of hydrogen-bond donors (Lipinski definition) is 1. The van der Waals surface area contributed by atoms with Crippen molar-refractivity contribution in [1.29, 1.82) is 0 Å². The van der Waals surface area contributed by atoms with Gasteiger partial charge < -0.3 is 10.1 Å². The van der Waals surface area contributed by atoms with Crippen LogP contribution < -0.4 is 10.1 Å². The van der Waals surface area contributed by atoms with Gasteiger partial charge in [-0.1, -0.05) is 17.4 Å². The first kappa shape index (κ1) is 22.0. The summed E-state index contributed by atoms with van der Waals surface area (Å²) in [6, 6.07) is 5.95. The van der Waals surface area contributed by atoms with E-state index >= 15 is 0 Å². The molecule has 0 radical (unpaired) electrons. The molecule has 3 aromatic rings. The molecule has 1 N–H and O–H groups in total. The van der Waals surface area contributed by atoms with Gasteiger partial charge in [0.1, 0.15) is 16.6 Å². The Morgan fingerprint density at radius 3 is 2.88 bits per heavy atom. The lowest BCUT2D eigenvalue weighted by molar-refractivity contribution is -0.0757. The van der Waals surface area contributed by atoms with Crippen molar-refractivity contribution < 1.29 is 14.4 Å². The van der Waals surface area contributed by atoms with E-state index in [0.29, 0.717) is 47.5 Å². The van der Waals surface area contributed by atoms with Crippen LogP contribution in [0.4, 0.5) is 5.82 Å². The summed E-state index contributed by atoms with van der Waals surface area (Å²) in [6.45, 7) is 4.82. The first-order valence-corrected chi connectivity index (χ1v) is 11.0. The Hall–Kier alpha value is -3.18. The van der Waals surface area contributed by atoms with Gasteiger partial charge in [0.2, 0.25) is 10.9 Å². The zero-order valence-corrected chi connectivity index (χ0v) is 19.2. The third-order valence-electron chi connectivity index (χ3n) is 5.13. The van der Waals surface area contributed by atoms with Crippen molar-refractivity contribution in [3.8, 4) is 5.88 Å². The van der Waals surface area contributed by atoms with Crippen molar-refractivity contribution in [3.05, 3.63) is 51.5 Å². The maximum Gasteiger partial charge on any atom is 0.308 e. The molecule has 10 nitrogen and oxygen atoms in total. The average molecular weight is 456 g/mol. The van der Waals surface area contributed by atoms with Crippen LogP contribution in [0.2, 0.25) is 0 Å². The minimum absolute atomic E-state index is 0.260. The molecule has 1 unspecified atom stereocenters. The van der Waals surface area contributed by atoms with Gasteiger partial charge in [-0.2, -0.15) is 4.98 Å². The number of nitrogens with one attached hydrogen (secondary N) is 1. The fourth-order valence-corrected chi connectivity index (χ4v) is 3.93. The number of hydrogen-bond acceptors (Lipinski definition) is 10. The molecule has 32 heavy (non-hydrogen) atoms. The summed E-state index contributed by atoms with van der Waals surface area (Å²) in [5.74, 6) is 2.30. The molecule has 0 saturated heterocycles. The van der Waals surface area contributed by atoms with Gasteiger partial charge in [0.05, 0.1) is 20.3 Å². The second-order valence-electron chi connectivity index (χ2n) is 7.65. The smallest absolute Gasteiger partial charge is 0.308 e. The Kier molecular flexibility index (Phi) is 6.56. The van der Waals surface area contributed by atoms with Crippen LogP contribution in [0.15, 0.2) is 24.4 Å². The van der Waals surface area contributed by atoms with Crippen molar-refractivity contribution in [2.75, 3.05) is 26.1 Å². The Morgan fingerprint density at radius 2 is 2.12 bits per heavy atom. The number of ether oxygens (including phenoxy) is 1. The molecule has 0 aliphatic heterocycles. The van der Waals surface area contributed by atoms with E-state index in [1.807, 2.05) is 20.0 Å². The van der Waals surface area contributed by atoms with Gasteiger partial charge in [-0.15, -0.1) is 10.2 Å². The van der Waals surface area contributed by atoms with Gasteiger partial charge in [-0.25, -0.2) is 10.0 Å². The van der Waals surface area contributed by atoms with Crippen LogP contribution in [0.1, 0.15) is 44.2 Å². The molecular weight excluding hydrogens is 430 g/mol. The lowest BCUT2D eigenvalue weighted by Crippen LogP contribution is -2.25. The second-order valence-corrected chi connectivity index (χ2v) is 8.71. The summed E-state index contributed by atoms with van der Waals surface area (Å²) in [7, 11) is 2.94. The van der Waals surface area contributed by atoms with E-state index in [1.165, 1.54) is 25.5 Å². The van der Waals surface area contributed by atoms with Crippen LogP contribution in [0.3, 0.4) is 0 Å². The molecule has 1 saturated carbocycles. The molecule has 3 aromatic heterocycles. The van der Waals surface area contributed by atoms with Crippen LogP contribution in [0, 0.1) is 19.8 Å². The first-order chi connectivity index (χ1) is 15.4. The average Bonchev–Trinajstić information content (AvgIpc) is 3.41. The number of aromatic nitrogens is 5. The number of rotatable bonds is 9. The van der Waals surface area contributed by atoms with E-state index in [4.69, 9.17) is 9.57 Å². The normalized spacial score (nSPS) is 17.1. The molecule has 2 atom stereocenters. The van der Waals surface area contributed by atoms with Crippen molar-refractivity contribution >= 4 is 23.1 Å². The fourth-order valence-electron chi connectivity index (χ4n) is 3.19. The summed E-state index contributed by atoms with van der Waals surface area (Å²) in [4.78, 5) is 30.2. The molecule has 1 amide bonds. The summed E-state index contributed by atoms with van der Waals surface area (Å²) < 4.78 is 5.94. The minimum Gasteiger partial charge on any atom is -0.477 e. The van der Waals surface area contributed by atoms with Gasteiger partial charge in [0.15, 0.2) is 0 Å². The highest BCUT2D eigenvalue weighted by Gasteiger charge is 2.40. The SMILES string of the molecule is CON(C)C(=O)c1nnc(CNc2cc(OC[C@H]3CC3c3ccc(C)cn3)nc(C)n2)s1. The summed E-state index contributed by atoms with van der Waals surface area (Å²) in [6.07, 6.45) is 2.98. The van der Waals surface area contributed by atoms with Crippen molar-refractivity contribution in [2.24, 2.45) is 5.92 Å². The highest BCUT2D eigenvalue weighted by atomic mass is 32.1. The third kappa shape index (κ3) is 5.35. The molecule has 4 rings (SSSR count). The van der Waals surface area contributed by atoms with E-state index in [-0.39, 0.29) is 10.9 Å². The van der Waals surface area contributed by atoms with Crippen LogP contribution in [-0.4, -0.2) is 56.9 Å². The highest BCUT2D eigenvalue weighted by Crippen LogP contribution is 2.46. The van der Waals surface area contributed by atoms with Gasteiger partial charge in [0, 0.05) is 36.8 Å². The summed E-state index contributed by atoms with van der Waals surface area (Å²) in [5, 5.41) is 13.2. The Balaban J connectivity index is 1.31. The van der Waals surface area contributed by atoms with Gasteiger partial charge in [0.25, 0.3) is 0 Å². The molecule has 1 fully saturated rings. The molecule has 0 spiro atoms. The van der Waals surface area contributed by atoms with Gasteiger partial charge >= 0.3 is 5.91 Å². The first-order valence-electron chi connectivity index (χ1n) is 10.2. The second kappa shape index (κ2) is 9.53. The fraction of sp³-hybridized carbons (Fsp3) is 0.429. The van der Waals surface area contributed by atoms with Crippen molar-refractivity contribution in [1.82, 2.24) is 30.2 Å².